The number of carbonyl (C=O) groups excluding carboxylic acids is 1. The number of thiophene rings is 1. The molecule has 32 heavy (non-hydrogen) atoms. The van der Waals surface area contributed by atoms with Crippen LogP contribution >= 0.6 is 11.3 Å². The molecule has 2 aromatic heterocycles. The minimum Gasteiger partial charge on any atom is -0.496 e. The summed E-state index contributed by atoms with van der Waals surface area (Å²) in [6, 6.07) is 5.54. The molecule has 0 fully saturated rings. The van der Waals surface area contributed by atoms with Gasteiger partial charge in [-0.2, -0.15) is 5.26 Å². The third-order valence-corrected chi connectivity index (χ3v) is 6.47. The summed E-state index contributed by atoms with van der Waals surface area (Å²) < 4.78 is 11.5. The predicted molar refractivity (Wildman–Crippen MR) is 115 cm³/mol. The number of aromatic nitrogens is 2. The first-order valence-electron chi connectivity index (χ1n) is 9.84. The zero-order chi connectivity index (χ0) is 22.8. The van der Waals surface area contributed by atoms with Crippen molar-refractivity contribution in [3.8, 4) is 11.8 Å². The SMILES string of the molecule is COc1cc(C(=O)OCc2nc3sc4c(c3c(=O)n2CC#N)CCCC4)cc([N+](=O)[O-])c1. The molecule has 0 aliphatic heterocycles. The van der Waals surface area contributed by atoms with E-state index >= 15 is 0 Å². The van der Waals surface area contributed by atoms with Crippen LogP contribution in [0, 0.1) is 21.4 Å². The number of esters is 1. The number of nitrogens with zero attached hydrogens (tertiary/aromatic N) is 4. The summed E-state index contributed by atoms with van der Waals surface area (Å²) in [6.07, 6.45) is 3.76. The van der Waals surface area contributed by atoms with Crippen LogP contribution in [0.15, 0.2) is 23.0 Å². The lowest BCUT2D eigenvalue weighted by molar-refractivity contribution is -0.385. The smallest absolute Gasteiger partial charge is 0.338 e. The van der Waals surface area contributed by atoms with Gasteiger partial charge in [-0.25, -0.2) is 9.78 Å². The van der Waals surface area contributed by atoms with E-state index in [1.165, 1.54) is 35.1 Å². The van der Waals surface area contributed by atoms with E-state index in [0.29, 0.717) is 10.2 Å². The lowest BCUT2D eigenvalue weighted by Crippen LogP contribution is -2.26. The van der Waals surface area contributed by atoms with Gasteiger partial charge >= 0.3 is 5.97 Å². The molecular weight excluding hydrogens is 436 g/mol. The Kier molecular flexibility index (Phi) is 5.87. The van der Waals surface area contributed by atoms with E-state index < -0.39 is 10.9 Å². The summed E-state index contributed by atoms with van der Waals surface area (Å²) in [6.45, 7) is -0.594. The Labute approximate surface area is 185 Å². The Morgan fingerprint density at radius 3 is 2.84 bits per heavy atom. The van der Waals surface area contributed by atoms with Crippen LogP contribution in [0.1, 0.15) is 39.5 Å². The van der Waals surface area contributed by atoms with E-state index in [4.69, 9.17) is 9.47 Å². The monoisotopic (exact) mass is 454 g/mol. The van der Waals surface area contributed by atoms with E-state index in [1.807, 2.05) is 6.07 Å². The minimum atomic E-state index is -0.838. The molecule has 1 aliphatic rings. The van der Waals surface area contributed by atoms with E-state index in [9.17, 15) is 25.0 Å². The van der Waals surface area contributed by atoms with Gasteiger partial charge < -0.3 is 9.47 Å². The van der Waals surface area contributed by atoms with Gasteiger partial charge in [0.25, 0.3) is 11.2 Å². The van der Waals surface area contributed by atoms with Gasteiger partial charge in [-0.05, 0) is 37.3 Å². The second-order valence-electron chi connectivity index (χ2n) is 7.22. The standard InChI is InChI=1S/C21H18N4O6S/c1-30-14-9-12(8-13(10-14)25(28)29)21(27)31-11-17-23-19-18(20(26)24(17)7-6-22)15-4-2-3-5-16(15)32-19/h8-10H,2-5,7,11H2,1H3. The normalized spacial score (nSPS) is 12.8. The fraction of sp³-hybridized carbons (Fsp3) is 0.333. The van der Waals surface area contributed by atoms with E-state index in [0.717, 1.165) is 42.2 Å². The first-order valence-corrected chi connectivity index (χ1v) is 10.7. The number of nitriles is 1. The number of ether oxygens (including phenoxy) is 2. The van der Waals surface area contributed by atoms with Crippen molar-refractivity contribution in [3.05, 3.63) is 60.5 Å². The second-order valence-corrected chi connectivity index (χ2v) is 8.31. The Balaban J connectivity index is 1.67. The molecule has 1 aliphatic carbocycles. The van der Waals surface area contributed by atoms with Crippen molar-refractivity contribution in [2.24, 2.45) is 0 Å². The molecule has 0 amide bonds. The highest BCUT2D eigenvalue weighted by Gasteiger charge is 2.23. The molecule has 0 radical (unpaired) electrons. The van der Waals surface area contributed by atoms with Gasteiger partial charge in [0.2, 0.25) is 0 Å². The summed E-state index contributed by atoms with van der Waals surface area (Å²) in [7, 11) is 1.33. The van der Waals surface area contributed by atoms with Crippen molar-refractivity contribution in [3.63, 3.8) is 0 Å². The van der Waals surface area contributed by atoms with E-state index in [1.54, 1.807) is 0 Å². The number of fused-ring (bicyclic) bond motifs is 3. The van der Waals surface area contributed by atoms with Gasteiger partial charge in [0.15, 0.2) is 5.82 Å². The van der Waals surface area contributed by atoms with Gasteiger partial charge in [0, 0.05) is 10.9 Å². The maximum absolute atomic E-state index is 13.1. The maximum atomic E-state index is 13.1. The Morgan fingerprint density at radius 2 is 2.12 bits per heavy atom. The molecule has 0 unspecified atom stereocenters. The number of nitro groups is 1. The van der Waals surface area contributed by atoms with Crippen LogP contribution in [0.2, 0.25) is 0 Å². The average molecular weight is 454 g/mol. The topological polar surface area (TPSA) is 137 Å². The number of hydrogen-bond acceptors (Lipinski definition) is 9. The van der Waals surface area contributed by atoms with Gasteiger partial charge in [0.1, 0.15) is 23.7 Å². The number of rotatable bonds is 6. The van der Waals surface area contributed by atoms with Crippen molar-refractivity contribution in [2.45, 2.75) is 38.8 Å². The zero-order valence-electron chi connectivity index (χ0n) is 17.1. The van der Waals surface area contributed by atoms with E-state index in [-0.39, 0.29) is 41.5 Å². The van der Waals surface area contributed by atoms with Crippen molar-refractivity contribution in [2.75, 3.05) is 7.11 Å². The van der Waals surface area contributed by atoms with Gasteiger partial charge in [-0.3, -0.25) is 19.5 Å². The van der Waals surface area contributed by atoms with Crippen LogP contribution in [0.25, 0.3) is 10.2 Å². The predicted octanol–water partition coefficient (Wildman–Crippen LogP) is 3.13. The van der Waals surface area contributed by atoms with Crippen LogP contribution in [-0.4, -0.2) is 27.6 Å². The quantitative estimate of drug-likeness (QED) is 0.315. The molecule has 10 nitrogen and oxygen atoms in total. The van der Waals surface area contributed by atoms with Crippen LogP contribution in [0.5, 0.6) is 5.75 Å². The van der Waals surface area contributed by atoms with Gasteiger partial charge in [-0.15, -0.1) is 11.3 Å². The molecule has 1 aromatic carbocycles. The molecule has 0 N–H and O–H groups in total. The number of nitro benzene ring substituents is 1. The molecule has 0 saturated heterocycles. The van der Waals surface area contributed by atoms with Crippen LogP contribution in [0.4, 0.5) is 5.69 Å². The molecule has 0 bridgehead atoms. The van der Waals surface area contributed by atoms with Crippen molar-refractivity contribution in [1.82, 2.24) is 9.55 Å². The Hall–Kier alpha value is -3.78. The molecule has 164 valence electrons. The number of benzene rings is 1. The molecule has 4 rings (SSSR count). The summed E-state index contributed by atoms with van der Waals surface area (Å²) in [5, 5.41) is 20.9. The average Bonchev–Trinajstić information content (AvgIpc) is 3.17. The highest BCUT2D eigenvalue weighted by atomic mass is 32.1. The molecule has 2 heterocycles. The summed E-state index contributed by atoms with van der Waals surface area (Å²) >= 11 is 1.46. The van der Waals surface area contributed by atoms with Gasteiger partial charge in [0.05, 0.1) is 35.1 Å². The molecule has 3 aromatic rings. The van der Waals surface area contributed by atoms with Crippen molar-refractivity contribution in [1.29, 1.82) is 5.26 Å². The fourth-order valence-electron chi connectivity index (χ4n) is 3.76. The highest BCUT2D eigenvalue weighted by molar-refractivity contribution is 7.18. The largest absolute Gasteiger partial charge is 0.496 e. The Morgan fingerprint density at radius 1 is 1.34 bits per heavy atom. The number of hydrogen-bond donors (Lipinski definition) is 0. The summed E-state index contributed by atoms with van der Waals surface area (Å²) in [5.74, 6) is -0.556. The Bertz CT molecular complexity index is 1340. The van der Waals surface area contributed by atoms with Crippen LogP contribution in [-0.2, 0) is 30.7 Å². The second kappa shape index (κ2) is 8.76. The lowest BCUT2D eigenvalue weighted by atomic mass is 9.97. The van der Waals surface area contributed by atoms with Crippen LogP contribution in [0.3, 0.4) is 0 Å². The zero-order valence-corrected chi connectivity index (χ0v) is 17.9. The number of carbonyl (C=O) groups is 1. The van der Waals surface area contributed by atoms with Gasteiger partial charge in [-0.1, -0.05) is 0 Å². The molecule has 0 spiro atoms. The van der Waals surface area contributed by atoms with Crippen molar-refractivity contribution < 1.29 is 19.2 Å². The number of methoxy groups -OCH3 is 1. The third-order valence-electron chi connectivity index (χ3n) is 5.29. The summed E-state index contributed by atoms with van der Waals surface area (Å²) in [5.41, 5.74) is 0.297. The minimum absolute atomic E-state index is 0.0714. The van der Waals surface area contributed by atoms with E-state index in [2.05, 4.69) is 4.98 Å². The van der Waals surface area contributed by atoms with Crippen molar-refractivity contribution >= 4 is 33.2 Å². The van der Waals surface area contributed by atoms with Crippen LogP contribution < -0.4 is 10.3 Å². The molecule has 0 saturated carbocycles. The maximum Gasteiger partial charge on any atom is 0.338 e. The molecular formula is C21H18N4O6S. The number of non-ortho nitro benzene ring substituents is 1. The summed E-state index contributed by atoms with van der Waals surface area (Å²) in [4.78, 5) is 42.4. The fourth-order valence-corrected chi connectivity index (χ4v) is 5.03. The molecule has 0 atom stereocenters. The lowest BCUT2D eigenvalue weighted by Gasteiger charge is -2.12. The molecule has 11 heteroatoms. The third kappa shape index (κ3) is 3.92. The first kappa shape index (κ1) is 21.5. The highest BCUT2D eigenvalue weighted by Crippen LogP contribution is 2.34. The number of aryl methyl sites for hydroxylation is 2. The first-order chi connectivity index (χ1) is 15.4.